The molecule has 0 radical (unpaired) electrons. The van der Waals surface area contributed by atoms with Gasteiger partial charge in [0.25, 0.3) is 0 Å². The maximum Gasteiger partial charge on any atom is 0.0868 e. The molecule has 82 valence electrons. The van der Waals surface area contributed by atoms with Gasteiger partial charge in [0, 0.05) is 24.8 Å². The summed E-state index contributed by atoms with van der Waals surface area (Å²) in [7, 11) is 0. The summed E-state index contributed by atoms with van der Waals surface area (Å²) in [6.45, 7) is 7.36. The minimum Gasteiger partial charge on any atom is -0.286 e. The molecule has 4 nitrogen and oxygen atoms in total. The molecule has 0 fully saturated rings. The molecular formula is C11H18N4. The molecule has 0 saturated heterocycles. The van der Waals surface area contributed by atoms with Crippen LogP contribution in [0.25, 0.3) is 0 Å². The second-order valence-electron chi connectivity index (χ2n) is 3.57. The first-order valence-electron chi connectivity index (χ1n) is 5.40. The largest absolute Gasteiger partial charge is 0.286 e. The highest BCUT2D eigenvalue weighted by molar-refractivity contribution is 5.04. The Kier molecular flexibility index (Phi) is 4.85. The second kappa shape index (κ2) is 6.20. The molecule has 4 heteroatoms. The van der Waals surface area contributed by atoms with Gasteiger partial charge in [0.1, 0.15) is 0 Å². The predicted octanol–water partition coefficient (Wildman–Crippen LogP) is 1.64. The van der Waals surface area contributed by atoms with Gasteiger partial charge in [-0.05, 0) is 19.9 Å². The summed E-state index contributed by atoms with van der Waals surface area (Å²) in [4.78, 5) is 2.14. The number of hydrogen-bond donors (Lipinski definition) is 0. The highest BCUT2D eigenvalue weighted by Gasteiger charge is 2.05. The smallest absolute Gasteiger partial charge is 0.0868 e. The zero-order valence-electron chi connectivity index (χ0n) is 9.48. The fourth-order valence-corrected chi connectivity index (χ4v) is 1.55. The average Bonchev–Trinajstić information content (AvgIpc) is 2.66. The second-order valence-corrected chi connectivity index (χ2v) is 3.57. The zero-order chi connectivity index (χ0) is 11.1. The quantitative estimate of drug-likeness (QED) is 0.665. The van der Waals surface area contributed by atoms with Crippen LogP contribution in [0.1, 0.15) is 25.8 Å². The van der Waals surface area contributed by atoms with E-state index in [4.69, 9.17) is 5.26 Å². The lowest BCUT2D eigenvalue weighted by molar-refractivity contribution is 0.298. The van der Waals surface area contributed by atoms with Gasteiger partial charge in [-0.3, -0.25) is 9.58 Å². The van der Waals surface area contributed by atoms with Crippen LogP contribution in [0.3, 0.4) is 0 Å². The molecule has 1 rings (SSSR count). The number of hydrogen-bond acceptors (Lipinski definition) is 3. The van der Waals surface area contributed by atoms with Crippen LogP contribution in [-0.4, -0.2) is 27.8 Å². The van der Waals surface area contributed by atoms with Crippen molar-refractivity contribution in [2.24, 2.45) is 0 Å². The standard InChI is InChI=1S/C11H18N4/c1-3-6-14(7-5-12)9-11-8-13-15(4-2)10-11/h8,10H,3-4,6-7,9H2,1-2H3. The highest BCUT2D eigenvalue weighted by Crippen LogP contribution is 2.04. The Labute approximate surface area is 91.1 Å². The average molecular weight is 206 g/mol. The minimum atomic E-state index is 0.491. The molecule has 0 aliphatic carbocycles. The van der Waals surface area contributed by atoms with E-state index in [1.165, 1.54) is 5.56 Å². The molecule has 1 aromatic heterocycles. The van der Waals surface area contributed by atoms with Gasteiger partial charge in [-0.2, -0.15) is 10.4 Å². The predicted molar refractivity (Wildman–Crippen MR) is 59.1 cm³/mol. The van der Waals surface area contributed by atoms with Crippen molar-refractivity contribution in [3.8, 4) is 6.07 Å². The molecule has 0 unspecified atom stereocenters. The van der Waals surface area contributed by atoms with E-state index in [0.717, 1.165) is 26.1 Å². The van der Waals surface area contributed by atoms with Crippen LogP contribution in [0.5, 0.6) is 0 Å². The molecule has 15 heavy (non-hydrogen) atoms. The number of nitriles is 1. The van der Waals surface area contributed by atoms with Crippen molar-refractivity contribution >= 4 is 0 Å². The lowest BCUT2D eigenvalue weighted by Gasteiger charge is -2.16. The number of nitrogens with zero attached hydrogens (tertiary/aromatic N) is 4. The first kappa shape index (κ1) is 11.7. The van der Waals surface area contributed by atoms with Crippen LogP contribution in [0, 0.1) is 11.3 Å². The SMILES string of the molecule is CCCN(CC#N)Cc1cnn(CC)c1. The monoisotopic (exact) mass is 206 g/mol. The Hall–Kier alpha value is -1.34. The van der Waals surface area contributed by atoms with Crippen LogP contribution in [0.2, 0.25) is 0 Å². The van der Waals surface area contributed by atoms with Gasteiger partial charge in [0.15, 0.2) is 0 Å². The molecule has 0 aliphatic rings. The van der Waals surface area contributed by atoms with Gasteiger partial charge in [0.05, 0.1) is 18.8 Å². The van der Waals surface area contributed by atoms with Crippen LogP contribution < -0.4 is 0 Å². The molecule has 0 aliphatic heterocycles. The van der Waals surface area contributed by atoms with E-state index in [0.29, 0.717) is 6.54 Å². The van der Waals surface area contributed by atoms with E-state index >= 15 is 0 Å². The summed E-state index contributed by atoms with van der Waals surface area (Å²) in [5.41, 5.74) is 1.18. The van der Waals surface area contributed by atoms with Crippen molar-refractivity contribution in [3.05, 3.63) is 18.0 Å². The maximum absolute atomic E-state index is 8.68. The van der Waals surface area contributed by atoms with Crippen molar-refractivity contribution in [1.29, 1.82) is 5.26 Å². The molecule has 0 bridgehead atoms. The Balaban J connectivity index is 2.53. The van der Waals surface area contributed by atoms with Crippen molar-refractivity contribution in [3.63, 3.8) is 0 Å². The number of aryl methyl sites for hydroxylation is 1. The topological polar surface area (TPSA) is 44.9 Å². The van der Waals surface area contributed by atoms with E-state index in [1.54, 1.807) is 0 Å². The third kappa shape index (κ3) is 3.72. The van der Waals surface area contributed by atoms with Gasteiger partial charge in [0.2, 0.25) is 0 Å². The van der Waals surface area contributed by atoms with Gasteiger partial charge in [-0.25, -0.2) is 0 Å². The first-order chi connectivity index (χ1) is 7.30. The molecule has 0 atom stereocenters. The number of rotatable bonds is 6. The van der Waals surface area contributed by atoms with Crippen LogP contribution >= 0.6 is 0 Å². The van der Waals surface area contributed by atoms with Crippen molar-refractivity contribution < 1.29 is 0 Å². The molecule has 0 aromatic carbocycles. The van der Waals surface area contributed by atoms with E-state index in [9.17, 15) is 0 Å². The van der Waals surface area contributed by atoms with Gasteiger partial charge in [-0.15, -0.1) is 0 Å². The van der Waals surface area contributed by atoms with Gasteiger partial charge >= 0.3 is 0 Å². The van der Waals surface area contributed by atoms with E-state index in [1.807, 2.05) is 17.1 Å². The Morgan fingerprint density at radius 1 is 1.53 bits per heavy atom. The van der Waals surface area contributed by atoms with Crippen molar-refractivity contribution in [1.82, 2.24) is 14.7 Å². The molecular weight excluding hydrogens is 188 g/mol. The fraction of sp³-hybridized carbons (Fsp3) is 0.636. The van der Waals surface area contributed by atoms with Crippen molar-refractivity contribution in [2.75, 3.05) is 13.1 Å². The van der Waals surface area contributed by atoms with E-state index < -0.39 is 0 Å². The summed E-state index contributed by atoms with van der Waals surface area (Å²) < 4.78 is 1.91. The normalized spacial score (nSPS) is 10.5. The van der Waals surface area contributed by atoms with E-state index in [-0.39, 0.29) is 0 Å². The zero-order valence-corrected chi connectivity index (χ0v) is 9.48. The molecule has 0 spiro atoms. The Morgan fingerprint density at radius 3 is 2.87 bits per heavy atom. The summed E-state index contributed by atoms with van der Waals surface area (Å²) in [5, 5.41) is 12.9. The fourth-order valence-electron chi connectivity index (χ4n) is 1.55. The molecule has 0 amide bonds. The van der Waals surface area contributed by atoms with Crippen LogP contribution in [-0.2, 0) is 13.1 Å². The Bertz CT molecular complexity index is 324. The van der Waals surface area contributed by atoms with E-state index in [2.05, 4.69) is 29.9 Å². The minimum absolute atomic E-state index is 0.491. The molecule has 1 aromatic rings. The third-order valence-electron chi connectivity index (χ3n) is 2.25. The lowest BCUT2D eigenvalue weighted by Crippen LogP contribution is -2.24. The summed E-state index contributed by atoms with van der Waals surface area (Å²) in [5.74, 6) is 0. The summed E-state index contributed by atoms with van der Waals surface area (Å²) in [6.07, 6.45) is 4.99. The first-order valence-corrected chi connectivity index (χ1v) is 5.40. The summed E-state index contributed by atoms with van der Waals surface area (Å²) >= 11 is 0. The van der Waals surface area contributed by atoms with Gasteiger partial charge in [-0.1, -0.05) is 6.92 Å². The summed E-state index contributed by atoms with van der Waals surface area (Å²) in [6, 6.07) is 2.19. The number of aromatic nitrogens is 2. The molecule has 0 N–H and O–H groups in total. The molecule has 0 saturated carbocycles. The van der Waals surface area contributed by atoms with Crippen LogP contribution in [0.15, 0.2) is 12.4 Å². The highest BCUT2D eigenvalue weighted by atomic mass is 15.3. The maximum atomic E-state index is 8.68. The lowest BCUT2D eigenvalue weighted by atomic mass is 10.3. The third-order valence-corrected chi connectivity index (χ3v) is 2.25. The van der Waals surface area contributed by atoms with Crippen molar-refractivity contribution in [2.45, 2.75) is 33.4 Å². The van der Waals surface area contributed by atoms with Gasteiger partial charge < -0.3 is 0 Å². The van der Waals surface area contributed by atoms with Crippen LogP contribution in [0.4, 0.5) is 0 Å². The molecule has 1 heterocycles. The Morgan fingerprint density at radius 2 is 2.33 bits per heavy atom.